The number of rotatable bonds is 3. The zero-order valence-electron chi connectivity index (χ0n) is 15.0. The quantitative estimate of drug-likeness (QED) is 0.857. The molecule has 24 heavy (non-hydrogen) atoms. The van der Waals surface area contributed by atoms with Gasteiger partial charge in [-0.05, 0) is 50.5 Å². The van der Waals surface area contributed by atoms with Crippen molar-refractivity contribution in [3.63, 3.8) is 0 Å². The summed E-state index contributed by atoms with van der Waals surface area (Å²) in [5.74, 6) is 0.197. The normalized spacial score (nSPS) is 18.9. The van der Waals surface area contributed by atoms with Crippen molar-refractivity contribution in [2.45, 2.75) is 40.3 Å². The molecule has 0 spiro atoms. The van der Waals surface area contributed by atoms with Gasteiger partial charge in [0.05, 0.1) is 6.04 Å². The van der Waals surface area contributed by atoms with E-state index in [9.17, 15) is 4.79 Å². The van der Waals surface area contributed by atoms with Crippen molar-refractivity contribution in [2.75, 3.05) is 18.0 Å². The van der Waals surface area contributed by atoms with Gasteiger partial charge in [-0.15, -0.1) is 0 Å². The Morgan fingerprint density at radius 3 is 2.50 bits per heavy atom. The van der Waals surface area contributed by atoms with E-state index < -0.39 is 0 Å². The highest BCUT2D eigenvalue weighted by Crippen LogP contribution is 2.26. The Morgan fingerprint density at radius 1 is 1.00 bits per heavy atom. The highest BCUT2D eigenvalue weighted by atomic mass is 16.2. The predicted molar refractivity (Wildman–Crippen MR) is 99.3 cm³/mol. The lowest BCUT2D eigenvalue weighted by Gasteiger charge is -2.39. The number of hydrogen-bond donors (Lipinski definition) is 0. The third-order valence-electron chi connectivity index (χ3n) is 4.91. The molecule has 3 heteroatoms. The molecule has 0 aliphatic carbocycles. The fourth-order valence-corrected chi connectivity index (χ4v) is 3.42. The average Bonchev–Trinajstić information content (AvgIpc) is 2.55. The summed E-state index contributed by atoms with van der Waals surface area (Å²) >= 11 is 0. The summed E-state index contributed by atoms with van der Waals surface area (Å²) in [7, 11) is 0. The number of hydrogen-bond acceptors (Lipinski definition) is 2. The molecule has 0 aromatic heterocycles. The van der Waals surface area contributed by atoms with Crippen molar-refractivity contribution in [1.29, 1.82) is 0 Å². The Balaban J connectivity index is 1.77. The molecule has 1 aliphatic heterocycles. The smallest absolute Gasteiger partial charge is 0.244 e. The highest BCUT2D eigenvalue weighted by molar-refractivity contribution is 5.98. The Bertz CT molecular complexity index is 753. The van der Waals surface area contributed by atoms with E-state index in [0.29, 0.717) is 0 Å². The minimum atomic E-state index is -0.0980. The molecule has 1 amide bonds. The lowest BCUT2D eigenvalue weighted by atomic mass is 10.1. The van der Waals surface area contributed by atoms with Crippen LogP contribution in [0.25, 0.3) is 0 Å². The first-order chi connectivity index (χ1) is 11.5. The summed E-state index contributed by atoms with van der Waals surface area (Å²) in [5, 5.41) is 0. The molecule has 3 rings (SSSR count). The van der Waals surface area contributed by atoms with E-state index in [4.69, 9.17) is 0 Å². The molecule has 2 aromatic carbocycles. The van der Waals surface area contributed by atoms with Gasteiger partial charge in [0.2, 0.25) is 5.91 Å². The lowest BCUT2D eigenvalue weighted by molar-refractivity contribution is -0.125. The number of carbonyl (C=O) groups is 1. The Morgan fingerprint density at radius 2 is 1.75 bits per heavy atom. The zero-order chi connectivity index (χ0) is 17.3. The third-order valence-corrected chi connectivity index (χ3v) is 4.91. The summed E-state index contributed by atoms with van der Waals surface area (Å²) in [6.07, 6.45) is 0. The van der Waals surface area contributed by atoms with E-state index in [1.54, 1.807) is 0 Å². The van der Waals surface area contributed by atoms with E-state index in [-0.39, 0.29) is 11.9 Å². The summed E-state index contributed by atoms with van der Waals surface area (Å²) in [5.41, 5.74) is 5.95. The van der Waals surface area contributed by atoms with Gasteiger partial charge < -0.3 is 4.90 Å². The van der Waals surface area contributed by atoms with Gasteiger partial charge in [-0.25, -0.2) is 0 Å². The van der Waals surface area contributed by atoms with Crippen LogP contribution in [0, 0.1) is 20.8 Å². The van der Waals surface area contributed by atoms with Crippen LogP contribution in [0.2, 0.25) is 0 Å². The third kappa shape index (κ3) is 3.36. The summed E-state index contributed by atoms with van der Waals surface area (Å²) in [6.45, 7) is 10.8. The maximum absolute atomic E-state index is 12.9. The molecule has 0 unspecified atom stereocenters. The standard InChI is InChI=1S/C21H26N2O/c1-15-6-5-7-19(12-15)14-22-10-11-23(21(24)18(22)4)20-13-16(2)8-9-17(20)3/h5-9,12-13,18H,10-11,14H2,1-4H3/t18-/m0/s1. The second-order valence-corrected chi connectivity index (χ2v) is 6.92. The van der Waals surface area contributed by atoms with Crippen LogP contribution < -0.4 is 4.90 Å². The first-order valence-corrected chi connectivity index (χ1v) is 8.64. The molecule has 0 saturated carbocycles. The van der Waals surface area contributed by atoms with Crippen molar-refractivity contribution in [3.05, 3.63) is 64.7 Å². The van der Waals surface area contributed by atoms with Crippen LogP contribution in [0.4, 0.5) is 5.69 Å². The SMILES string of the molecule is Cc1cccc(CN2CCN(c3cc(C)ccc3C)C(=O)[C@@H]2C)c1. The van der Waals surface area contributed by atoms with Crippen molar-refractivity contribution in [2.24, 2.45) is 0 Å². The fraction of sp³-hybridized carbons (Fsp3) is 0.381. The van der Waals surface area contributed by atoms with Crippen LogP contribution in [-0.2, 0) is 11.3 Å². The minimum absolute atomic E-state index is 0.0980. The van der Waals surface area contributed by atoms with Gasteiger partial charge in [-0.1, -0.05) is 42.0 Å². The lowest BCUT2D eigenvalue weighted by Crippen LogP contribution is -2.55. The van der Waals surface area contributed by atoms with Gasteiger partial charge in [0, 0.05) is 25.3 Å². The molecular formula is C21H26N2O. The van der Waals surface area contributed by atoms with Crippen molar-refractivity contribution < 1.29 is 4.79 Å². The van der Waals surface area contributed by atoms with Crippen LogP contribution >= 0.6 is 0 Å². The summed E-state index contributed by atoms with van der Waals surface area (Å²) in [4.78, 5) is 17.2. The van der Waals surface area contributed by atoms with Gasteiger partial charge in [0.1, 0.15) is 0 Å². The number of anilines is 1. The number of nitrogens with zero attached hydrogens (tertiary/aromatic N) is 2. The Hall–Kier alpha value is -2.13. The van der Waals surface area contributed by atoms with E-state index in [0.717, 1.165) is 30.9 Å². The summed E-state index contributed by atoms with van der Waals surface area (Å²) < 4.78 is 0. The Labute approximate surface area is 144 Å². The summed E-state index contributed by atoms with van der Waals surface area (Å²) in [6, 6.07) is 14.8. The minimum Gasteiger partial charge on any atom is -0.310 e. The number of benzene rings is 2. The van der Waals surface area contributed by atoms with Crippen molar-refractivity contribution in [1.82, 2.24) is 4.90 Å². The van der Waals surface area contributed by atoms with Crippen LogP contribution in [0.5, 0.6) is 0 Å². The van der Waals surface area contributed by atoms with E-state index in [1.165, 1.54) is 16.7 Å². The van der Waals surface area contributed by atoms with Crippen molar-refractivity contribution in [3.8, 4) is 0 Å². The van der Waals surface area contributed by atoms with Crippen LogP contribution in [-0.4, -0.2) is 29.9 Å². The molecule has 1 fully saturated rings. The molecule has 0 N–H and O–H groups in total. The van der Waals surface area contributed by atoms with Crippen molar-refractivity contribution >= 4 is 11.6 Å². The number of amides is 1. The van der Waals surface area contributed by atoms with Gasteiger partial charge in [0.15, 0.2) is 0 Å². The number of piperazine rings is 1. The average molecular weight is 322 g/mol. The van der Waals surface area contributed by atoms with Gasteiger partial charge in [0.25, 0.3) is 0 Å². The number of aryl methyl sites for hydroxylation is 3. The molecular weight excluding hydrogens is 296 g/mol. The van der Waals surface area contributed by atoms with Gasteiger partial charge in [-0.3, -0.25) is 9.69 Å². The molecule has 1 atom stereocenters. The van der Waals surface area contributed by atoms with Crippen LogP contribution in [0.3, 0.4) is 0 Å². The Kier molecular flexibility index (Phi) is 4.72. The second-order valence-electron chi connectivity index (χ2n) is 6.92. The topological polar surface area (TPSA) is 23.6 Å². The first-order valence-electron chi connectivity index (χ1n) is 8.64. The fourth-order valence-electron chi connectivity index (χ4n) is 3.42. The maximum Gasteiger partial charge on any atom is 0.244 e. The maximum atomic E-state index is 12.9. The molecule has 1 saturated heterocycles. The van der Waals surface area contributed by atoms with E-state index >= 15 is 0 Å². The molecule has 1 aliphatic rings. The van der Waals surface area contributed by atoms with Gasteiger partial charge in [-0.2, -0.15) is 0 Å². The zero-order valence-corrected chi connectivity index (χ0v) is 15.0. The van der Waals surface area contributed by atoms with E-state index in [1.807, 2.05) is 11.8 Å². The van der Waals surface area contributed by atoms with Gasteiger partial charge >= 0.3 is 0 Å². The van der Waals surface area contributed by atoms with Crippen LogP contribution in [0.15, 0.2) is 42.5 Å². The molecule has 0 bridgehead atoms. The molecule has 126 valence electrons. The number of carbonyl (C=O) groups excluding carboxylic acids is 1. The highest BCUT2D eigenvalue weighted by Gasteiger charge is 2.32. The largest absolute Gasteiger partial charge is 0.310 e. The monoisotopic (exact) mass is 322 g/mol. The predicted octanol–water partition coefficient (Wildman–Crippen LogP) is 3.85. The second kappa shape index (κ2) is 6.78. The molecule has 0 radical (unpaired) electrons. The van der Waals surface area contributed by atoms with E-state index in [2.05, 4.69) is 68.1 Å². The molecule has 1 heterocycles. The molecule has 2 aromatic rings. The molecule has 3 nitrogen and oxygen atoms in total. The van der Waals surface area contributed by atoms with Crippen LogP contribution in [0.1, 0.15) is 29.2 Å². The first kappa shape index (κ1) is 16.7.